The van der Waals surface area contributed by atoms with Gasteiger partial charge in [-0.05, 0) is 91.7 Å². The second kappa shape index (κ2) is 9.76. The summed E-state index contributed by atoms with van der Waals surface area (Å²) in [5, 5.41) is 10.4. The molecule has 0 aromatic heterocycles. The third kappa shape index (κ3) is 7.16. The van der Waals surface area contributed by atoms with Gasteiger partial charge in [-0.25, -0.2) is 4.79 Å². The fourth-order valence-corrected chi connectivity index (χ4v) is 5.19. The van der Waals surface area contributed by atoms with E-state index < -0.39 is 33.1 Å². The molecular formula is C25H39NO7S. The van der Waals surface area contributed by atoms with Crippen LogP contribution in [-0.4, -0.2) is 60.7 Å². The molecule has 192 valence electrons. The Bertz CT molecular complexity index is 962. The van der Waals surface area contributed by atoms with Gasteiger partial charge >= 0.3 is 6.09 Å². The van der Waals surface area contributed by atoms with Crippen LogP contribution < -0.4 is 0 Å². The van der Waals surface area contributed by atoms with Crippen molar-refractivity contribution in [1.29, 1.82) is 0 Å². The molecule has 3 rings (SSSR count). The van der Waals surface area contributed by atoms with Gasteiger partial charge in [0.1, 0.15) is 11.3 Å². The van der Waals surface area contributed by atoms with Gasteiger partial charge in [-0.2, -0.15) is 8.42 Å². The second-order valence-electron chi connectivity index (χ2n) is 11.2. The number of nitrogens with zero attached hydrogens (tertiary/aromatic N) is 1. The number of carbonyl (C=O) groups excluding carboxylic acids is 1. The molecule has 1 saturated carbocycles. The number of amides is 1. The highest BCUT2D eigenvalue weighted by Crippen LogP contribution is 2.41. The first-order valence-corrected chi connectivity index (χ1v) is 13.4. The van der Waals surface area contributed by atoms with Gasteiger partial charge in [0, 0.05) is 0 Å². The maximum Gasteiger partial charge on any atom is 0.412 e. The number of ether oxygens (including phenoxy) is 2. The molecule has 1 saturated heterocycles. The average molecular weight is 498 g/mol. The topological polar surface area (TPSA) is 102 Å². The van der Waals surface area contributed by atoms with E-state index >= 15 is 0 Å². The number of hydrogen-bond donors (Lipinski definition) is 1. The fraction of sp³-hybridized carbons (Fsp3) is 0.720. The van der Waals surface area contributed by atoms with Gasteiger partial charge in [-0.1, -0.05) is 17.7 Å². The molecule has 0 radical (unpaired) electrons. The van der Waals surface area contributed by atoms with Crippen LogP contribution in [0.5, 0.6) is 0 Å². The Morgan fingerprint density at radius 1 is 1.24 bits per heavy atom. The summed E-state index contributed by atoms with van der Waals surface area (Å²) in [7, 11) is -3.92. The van der Waals surface area contributed by atoms with E-state index in [1.807, 2.05) is 41.5 Å². The van der Waals surface area contributed by atoms with Gasteiger partial charge in [-0.15, -0.1) is 0 Å². The van der Waals surface area contributed by atoms with Gasteiger partial charge in [0.25, 0.3) is 10.1 Å². The Kier molecular flexibility index (Phi) is 7.73. The molecule has 1 N–H and O–H groups in total. The zero-order chi connectivity index (χ0) is 25.4. The monoisotopic (exact) mass is 497 g/mol. The van der Waals surface area contributed by atoms with Gasteiger partial charge in [-0.3, -0.25) is 9.08 Å². The molecule has 9 heteroatoms. The molecule has 2 fully saturated rings. The molecule has 0 bridgehead atoms. The zero-order valence-corrected chi connectivity index (χ0v) is 22.0. The lowest BCUT2D eigenvalue weighted by molar-refractivity contribution is -0.0633. The summed E-state index contributed by atoms with van der Waals surface area (Å²) >= 11 is 0. The number of hydrogen-bond acceptors (Lipinski definition) is 7. The summed E-state index contributed by atoms with van der Waals surface area (Å²) in [6, 6.07) is 6.23. The summed E-state index contributed by atoms with van der Waals surface area (Å²) in [5.74, 6) is -0.197. The molecule has 1 aromatic rings. The van der Waals surface area contributed by atoms with Crippen LogP contribution in [0.2, 0.25) is 0 Å². The van der Waals surface area contributed by atoms with Crippen LogP contribution in [0.1, 0.15) is 72.3 Å². The van der Waals surface area contributed by atoms with Crippen molar-refractivity contribution >= 4 is 16.2 Å². The molecule has 1 amide bonds. The van der Waals surface area contributed by atoms with Crippen molar-refractivity contribution in [2.75, 3.05) is 13.2 Å². The van der Waals surface area contributed by atoms with Gasteiger partial charge < -0.3 is 14.6 Å². The highest BCUT2D eigenvalue weighted by Gasteiger charge is 2.47. The average Bonchev–Trinajstić information content (AvgIpc) is 3.36. The first kappa shape index (κ1) is 26.9. The molecule has 2 aliphatic rings. The van der Waals surface area contributed by atoms with E-state index in [9.17, 15) is 18.3 Å². The minimum atomic E-state index is -3.92. The van der Waals surface area contributed by atoms with E-state index in [0.29, 0.717) is 25.9 Å². The molecule has 1 heterocycles. The SMILES string of the molecule is Cc1ccc(S(=O)(=O)OC[C@H](CCC2(O)CC2)CC2COC(C)(C)N2C(=O)OC(C)(C)C)cc1. The number of carbonyl (C=O) groups is 1. The molecule has 1 aromatic carbocycles. The third-order valence-electron chi connectivity index (χ3n) is 6.38. The summed E-state index contributed by atoms with van der Waals surface area (Å²) in [5.41, 5.74) is -1.20. The lowest BCUT2D eigenvalue weighted by Crippen LogP contribution is -2.50. The lowest BCUT2D eigenvalue weighted by atomic mass is 9.93. The molecule has 1 unspecified atom stereocenters. The van der Waals surface area contributed by atoms with Crippen molar-refractivity contribution in [3.63, 3.8) is 0 Å². The number of rotatable bonds is 9. The van der Waals surface area contributed by atoms with Crippen LogP contribution in [0.3, 0.4) is 0 Å². The van der Waals surface area contributed by atoms with Gasteiger partial charge in [0.2, 0.25) is 0 Å². The van der Waals surface area contributed by atoms with Crippen molar-refractivity contribution < 1.29 is 32.0 Å². The first-order chi connectivity index (χ1) is 15.6. The van der Waals surface area contributed by atoms with Crippen LogP contribution in [0.15, 0.2) is 29.2 Å². The molecule has 34 heavy (non-hydrogen) atoms. The number of aliphatic hydroxyl groups is 1. The maximum atomic E-state index is 13.0. The van der Waals surface area contributed by atoms with Crippen LogP contribution in [-0.2, 0) is 23.8 Å². The van der Waals surface area contributed by atoms with Crippen molar-refractivity contribution in [3.05, 3.63) is 29.8 Å². The molecular weight excluding hydrogens is 458 g/mol. The van der Waals surface area contributed by atoms with E-state index in [2.05, 4.69) is 0 Å². The number of aryl methyl sites for hydroxylation is 1. The van der Waals surface area contributed by atoms with Crippen molar-refractivity contribution in [2.45, 2.75) is 102 Å². The van der Waals surface area contributed by atoms with Crippen LogP contribution >= 0.6 is 0 Å². The minimum absolute atomic E-state index is 0.0363. The van der Waals surface area contributed by atoms with Crippen LogP contribution in [0, 0.1) is 12.8 Å². The van der Waals surface area contributed by atoms with Gasteiger partial charge in [0.05, 0.1) is 29.8 Å². The molecule has 2 atom stereocenters. The Morgan fingerprint density at radius 3 is 2.41 bits per heavy atom. The largest absolute Gasteiger partial charge is 0.444 e. The standard InChI is InChI=1S/C25H39NO7S/c1-18-7-9-21(10-8-18)34(29,30)32-16-19(11-12-25(28)13-14-25)15-20-17-31-24(5,6)26(20)22(27)33-23(2,3)4/h7-10,19-20,28H,11-17H2,1-6H3/t19-,20?/m1/s1. The Labute approximate surface area is 203 Å². The normalized spacial score (nSPS) is 22.4. The summed E-state index contributed by atoms with van der Waals surface area (Å²) in [4.78, 5) is 14.7. The Hall–Kier alpha value is -1.68. The van der Waals surface area contributed by atoms with Crippen molar-refractivity contribution in [1.82, 2.24) is 4.90 Å². The maximum absolute atomic E-state index is 13.0. The molecule has 0 spiro atoms. The summed E-state index contributed by atoms with van der Waals surface area (Å²) in [6.45, 7) is 11.2. The fourth-order valence-electron chi connectivity index (χ4n) is 4.22. The first-order valence-electron chi connectivity index (χ1n) is 12.0. The van der Waals surface area contributed by atoms with Crippen LogP contribution in [0.4, 0.5) is 4.79 Å². The number of benzene rings is 1. The lowest BCUT2D eigenvalue weighted by Gasteiger charge is -2.36. The highest BCUT2D eigenvalue weighted by atomic mass is 32.2. The Balaban J connectivity index is 1.73. The summed E-state index contributed by atoms with van der Waals surface area (Å²) in [6.07, 6.45) is 2.67. The Morgan fingerprint density at radius 2 is 1.85 bits per heavy atom. The predicted octanol–water partition coefficient (Wildman–Crippen LogP) is 4.38. The summed E-state index contributed by atoms with van der Waals surface area (Å²) < 4.78 is 42.5. The second-order valence-corrected chi connectivity index (χ2v) is 12.8. The predicted molar refractivity (Wildman–Crippen MR) is 128 cm³/mol. The zero-order valence-electron chi connectivity index (χ0n) is 21.2. The van der Waals surface area contributed by atoms with E-state index in [4.69, 9.17) is 13.7 Å². The smallest absolute Gasteiger partial charge is 0.412 e. The third-order valence-corrected chi connectivity index (χ3v) is 7.68. The van der Waals surface area contributed by atoms with Crippen molar-refractivity contribution in [3.8, 4) is 0 Å². The molecule has 1 aliphatic heterocycles. The van der Waals surface area contributed by atoms with E-state index in [1.54, 1.807) is 17.0 Å². The highest BCUT2D eigenvalue weighted by molar-refractivity contribution is 7.86. The van der Waals surface area contributed by atoms with Crippen LogP contribution in [0.25, 0.3) is 0 Å². The minimum Gasteiger partial charge on any atom is -0.444 e. The molecule has 8 nitrogen and oxygen atoms in total. The van der Waals surface area contributed by atoms with E-state index in [0.717, 1.165) is 18.4 Å². The quantitative estimate of drug-likeness (QED) is 0.505. The van der Waals surface area contributed by atoms with Crippen molar-refractivity contribution in [2.24, 2.45) is 5.92 Å². The van der Waals surface area contributed by atoms with E-state index in [-0.39, 0.29) is 23.5 Å². The van der Waals surface area contributed by atoms with E-state index in [1.165, 1.54) is 12.1 Å². The molecule has 1 aliphatic carbocycles. The van der Waals surface area contributed by atoms with Gasteiger partial charge in [0.15, 0.2) is 0 Å².